The molecule has 0 amide bonds. The summed E-state index contributed by atoms with van der Waals surface area (Å²) in [5.41, 5.74) is 3.23. The molecule has 2 rings (SSSR count). The molecule has 0 saturated heterocycles. The zero-order chi connectivity index (χ0) is 14.0. The van der Waals surface area contributed by atoms with Gasteiger partial charge in [0.1, 0.15) is 17.5 Å². The molecule has 0 radical (unpaired) electrons. The van der Waals surface area contributed by atoms with Gasteiger partial charge in [0, 0.05) is 38.0 Å². The molecule has 0 aliphatic carbocycles. The van der Waals surface area contributed by atoms with E-state index in [0.717, 1.165) is 28.7 Å². The zero-order valence-corrected chi connectivity index (χ0v) is 12.1. The Bertz CT molecular complexity index is 587. The molecule has 0 aliphatic rings. The zero-order valence-electron chi connectivity index (χ0n) is 12.1. The van der Waals surface area contributed by atoms with Crippen LogP contribution in [0.1, 0.15) is 22.6 Å². The predicted octanol–water partition coefficient (Wildman–Crippen LogP) is 1.79. The van der Waals surface area contributed by atoms with Crippen LogP contribution in [0.2, 0.25) is 0 Å². The molecule has 2 aromatic rings. The fraction of sp³-hybridized carbons (Fsp3) is 0.462. The van der Waals surface area contributed by atoms with Crippen molar-refractivity contribution < 1.29 is 0 Å². The van der Waals surface area contributed by atoms with Gasteiger partial charge in [-0.25, -0.2) is 9.97 Å². The molecule has 0 unspecified atom stereocenters. The Morgan fingerprint density at radius 2 is 1.84 bits per heavy atom. The second-order valence-electron chi connectivity index (χ2n) is 4.61. The SMILES string of the molecule is CNc1nc(C)nc(NCc2cn(C)nc2C)c1C. The highest BCUT2D eigenvalue weighted by molar-refractivity contribution is 5.57. The number of rotatable bonds is 4. The smallest absolute Gasteiger partial charge is 0.135 e. The second-order valence-corrected chi connectivity index (χ2v) is 4.61. The van der Waals surface area contributed by atoms with E-state index in [4.69, 9.17) is 0 Å². The summed E-state index contributed by atoms with van der Waals surface area (Å²) in [5, 5.41) is 10.8. The highest BCUT2D eigenvalue weighted by Gasteiger charge is 2.09. The second kappa shape index (κ2) is 5.26. The Hall–Kier alpha value is -2.11. The van der Waals surface area contributed by atoms with Crippen LogP contribution in [0.4, 0.5) is 11.6 Å². The normalized spacial score (nSPS) is 10.6. The van der Waals surface area contributed by atoms with E-state index in [1.165, 1.54) is 5.56 Å². The van der Waals surface area contributed by atoms with Crippen LogP contribution in [-0.2, 0) is 13.6 Å². The van der Waals surface area contributed by atoms with Crippen LogP contribution in [0.15, 0.2) is 6.20 Å². The molecular weight excluding hydrogens is 240 g/mol. The summed E-state index contributed by atoms with van der Waals surface area (Å²) >= 11 is 0. The lowest BCUT2D eigenvalue weighted by Crippen LogP contribution is -2.08. The number of hydrogen-bond donors (Lipinski definition) is 2. The molecule has 0 aromatic carbocycles. The van der Waals surface area contributed by atoms with Crippen LogP contribution < -0.4 is 10.6 Å². The average molecular weight is 260 g/mol. The summed E-state index contributed by atoms with van der Waals surface area (Å²) < 4.78 is 1.82. The average Bonchev–Trinajstić information content (AvgIpc) is 2.68. The van der Waals surface area contributed by atoms with E-state index in [2.05, 4.69) is 25.7 Å². The Labute approximate surface area is 113 Å². The van der Waals surface area contributed by atoms with Gasteiger partial charge < -0.3 is 10.6 Å². The Kier molecular flexibility index (Phi) is 3.69. The molecule has 19 heavy (non-hydrogen) atoms. The maximum atomic E-state index is 4.44. The van der Waals surface area contributed by atoms with E-state index in [1.54, 1.807) is 0 Å². The first-order valence-electron chi connectivity index (χ1n) is 6.27. The lowest BCUT2D eigenvalue weighted by Gasteiger charge is -2.12. The van der Waals surface area contributed by atoms with Crippen LogP contribution in [0.3, 0.4) is 0 Å². The minimum absolute atomic E-state index is 0.708. The lowest BCUT2D eigenvalue weighted by atomic mass is 10.2. The number of hydrogen-bond acceptors (Lipinski definition) is 5. The van der Waals surface area contributed by atoms with Crippen molar-refractivity contribution in [3.63, 3.8) is 0 Å². The fourth-order valence-corrected chi connectivity index (χ4v) is 2.05. The highest BCUT2D eigenvalue weighted by atomic mass is 15.3. The van der Waals surface area contributed by atoms with E-state index in [1.807, 2.05) is 45.7 Å². The van der Waals surface area contributed by atoms with Crippen molar-refractivity contribution in [3.8, 4) is 0 Å². The van der Waals surface area contributed by atoms with Gasteiger partial charge >= 0.3 is 0 Å². The first kappa shape index (κ1) is 13.3. The van der Waals surface area contributed by atoms with Gasteiger partial charge in [-0.05, 0) is 20.8 Å². The van der Waals surface area contributed by atoms with Crippen LogP contribution in [-0.4, -0.2) is 26.8 Å². The van der Waals surface area contributed by atoms with Gasteiger partial charge in [-0.2, -0.15) is 5.10 Å². The van der Waals surface area contributed by atoms with Gasteiger partial charge in [-0.1, -0.05) is 0 Å². The third-order valence-corrected chi connectivity index (χ3v) is 3.06. The van der Waals surface area contributed by atoms with E-state index in [9.17, 15) is 0 Å². The van der Waals surface area contributed by atoms with Crippen LogP contribution >= 0.6 is 0 Å². The molecule has 102 valence electrons. The summed E-state index contributed by atoms with van der Waals surface area (Å²) in [6.45, 7) is 6.61. The lowest BCUT2D eigenvalue weighted by molar-refractivity contribution is 0.756. The Morgan fingerprint density at radius 3 is 2.42 bits per heavy atom. The topological polar surface area (TPSA) is 67.7 Å². The molecule has 2 aromatic heterocycles. The van der Waals surface area contributed by atoms with E-state index in [-0.39, 0.29) is 0 Å². The van der Waals surface area contributed by atoms with Gasteiger partial charge in [0.15, 0.2) is 0 Å². The van der Waals surface area contributed by atoms with Crippen molar-refractivity contribution in [2.24, 2.45) is 7.05 Å². The molecule has 6 heteroatoms. The molecule has 6 nitrogen and oxygen atoms in total. The third kappa shape index (κ3) is 2.83. The van der Waals surface area contributed by atoms with Gasteiger partial charge in [0.2, 0.25) is 0 Å². The molecule has 0 aliphatic heterocycles. The van der Waals surface area contributed by atoms with Crippen LogP contribution in [0, 0.1) is 20.8 Å². The minimum atomic E-state index is 0.708. The first-order valence-corrected chi connectivity index (χ1v) is 6.27. The molecule has 0 fully saturated rings. The molecule has 0 spiro atoms. The molecule has 0 saturated carbocycles. The van der Waals surface area contributed by atoms with Gasteiger partial charge in [0.25, 0.3) is 0 Å². The van der Waals surface area contributed by atoms with Crippen molar-refractivity contribution >= 4 is 11.6 Å². The molecule has 0 atom stereocenters. The number of aryl methyl sites for hydroxylation is 3. The standard InChI is InChI=1S/C13H20N6/c1-8-12(14-4)16-10(3)17-13(8)15-6-11-7-19(5)18-9(11)2/h7H,6H2,1-5H3,(H2,14,15,16,17). The fourth-order valence-electron chi connectivity index (χ4n) is 2.05. The number of nitrogens with one attached hydrogen (secondary N) is 2. The van der Waals surface area contributed by atoms with Crippen molar-refractivity contribution in [2.45, 2.75) is 27.3 Å². The number of nitrogens with zero attached hydrogens (tertiary/aromatic N) is 4. The number of anilines is 2. The summed E-state index contributed by atoms with van der Waals surface area (Å²) in [4.78, 5) is 8.79. The van der Waals surface area contributed by atoms with Gasteiger partial charge in [-0.15, -0.1) is 0 Å². The maximum absolute atomic E-state index is 4.44. The van der Waals surface area contributed by atoms with Crippen LogP contribution in [0.5, 0.6) is 0 Å². The molecular formula is C13H20N6. The van der Waals surface area contributed by atoms with Gasteiger partial charge in [-0.3, -0.25) is 4.68 Å². The van der Waals surface area contributed by atoms with Crippen LogP contribution in [0.25, 0.3) is 0 Å². The largest absolute Gasteiger partial charge is 0.373 e. The van der Waals surface area contributed by atoms with E-state index < -0.39 is 0 Å². The minimum Gasteiger partial charge on any atom is -0.373 e. The summed E-state index contributed by atoms with van der Waals surface area (Å²) in [5.74, 6) is 2.47. The van der Waals surface area contributed by atoms with Crippen molar-refractivity contribution in [1.82, 2.24) is 19.7 Å². The van der Waals surface area contributed by atoms with Crippen molar-refractivity contribution in [1.29, 1.82) is 0 Å². The quantitative estimate of drug-likeness (QED) is 0.877. The highest BCUT2D eigenvalue weighted by Crippen LogP contribution is 2.20. The Morgan fingerprint density at radius 1 is 1.16 bits per heavy atom. The monoisotopic (exact) mass is 260 g/mol. The van der Waals surface area contributed by atoms with Crippen molar-refractivity contribution in [3.05, 3.63) is 28.8 Å². The third-order valence-electron chi connectivity index (χ3n) is 3.06. The van der Waals surface area contributed by atoms with E-state index >= 15 is 0 Å². The maximum Gasteiger partial charge on any atom is 0.135 e. The first-order chi connectivity index (χ1) is 9.01. The van der Waals surface area contributed by atoms with E-state index in [0.29, 0.717) is 6.54 Å². The summed E-state index contributed by atoms with van der Waals surface area (Å²) in [6.07, 6.45) is 2.02. The predicted molar refractivity (Wildman–Crippen MR) is 76.3 cm³/mol. The molecule has 2 N–H and O–H groups in total. The van der Waals surface area contributed by atoms with Gasteiger partial charge in [0.05, 0.1) is 5.69 Å². The summed E-state index contributed by atoms with van der Waals surface area (Å²) in [7, 11) is 3.79. The summed E-state index contributed by atoms with van der Waals surface area (Å²) in [6, 6.07) is 0. The molecule has 2 heterocycles. The number of aromatic nitrogens is 4. The van der Waals surface area contributed by atoms with Crippen molar-refractivity contribution in [2.75, 3.05) is 17.7 Å². The molecule has 0 bridgehead atoms. The Balaban J connectivity index is 2.20.